The number of hydrogen-bond donors (Lipinski definition) is 0. The molecule has 0 unspecified atom stereocenters. The monoisotopic (exact) mass is 1030 g/mol. The Morgan fingerprint density at radius 1 is 0.123 bits per heavy atom. The number of rotatable bonds is 68. The van der Waals surface area contributed by atoms with Crippen molar-refractivity contribution in [3.63, 3.8) is 0 Å². The van der Waals surface area contributed by atoms with Crippen LogP contribution in [-0.4, -0.2) is 31.7 Å². The summed E-state index contributed by atoms with van der Waals surface area (Å²) in [6.07, 6.45) is 97.9. The molecule has 1 nitrogen and oxygen atoms in total. The maximum Gasteiger partial charge on any atom is 0.0782 e. The summed E-state index contributed by atoms with van der Waals surface area (Å²) in [5.41, 5.74) is 0. The minimum absolute atomic E-state index is 1.25. The van der Waals surface area contributed by atoms with Crippen molar-refractivity contribution in [1.82, 2.24) is 0 Å². The zero-order chi connectivity index (χ0) is 52.6. The van der Waals surface area contributed by atoms with E-state index in [9.17, 15) is 0 Å². The van der Waals surface area contributed by atoms with Gasteiger partial charge in [0, 0.05) is 0 Å². The van der Waals surface area contributed by atoms with E-state index in [1.54, 1.807) is 0 Å². The van der Waals surface area contributed by atoms with Gasteiger partial charge in [0.15, 0.2) is 0 Å². The lowest BCUT2D eigenvalue weighted by Crippen LogP contribution is -2.41. The molecule has 0 N–H and O–H groups in total. The fourth-order valence-electron chi connectivity index (χ4n) is 12.3. The van der Waals surface area contributed by atoms with Gasteiger partial charge in [-0.05, 0) is 25.7 Å². The van der Waals surface area contributed by atoms with Gasteiger partial charge in [-0.3, -0.25) is 0 Å². The van der Waals surface area contributed by atoms with Crippen LogP contribution in [0.25, 0.3) is 0 Å². The molecule has 0 heterocycles. The van der Waals surface area contributed by atoms with Crippen molar-refractivity contribution in [2.75, 3.05) is 27.2 Å². The fourth-order valence-corrected chi connectivity index (χ4v) is 12.3. The predicted octanol–water partition coefficient (Wildman–Crippen LogP) is 26.8. The van der Waals surface area contributed by atoms with E-state index in [0.717, 1.165) is 0 Å². The Bertz CT molecular complexity index is 851. The topological polar surface area (TPSA) is 0 Å². The summed E-state index contributed by atoms with van der Waals surface area (Å²) in [5, 5.41) is 0. The molecule has 0 aliphatic heterocycles. The Morgan fingerprint density at radius 3 is 0.301 bits per heavy atom. The first-order valence-electron chi connectivity index (χ1n) is 35.9. The van der Waals surface area contributed by atoms with Crippen LogP contribution in [0.3, 0.4) is 0 Å². The van der Waals surface area contributed by atoms with Crippen LogP contribution in [0.1, 0.15) is 438 Å². The van der Waals surface area contributed by atoms with Crippen molar-refractivity contribution >= 4 is 0 Å². The summed E-state index contributed by atoms with van der Waals surface area (Å²) < 4.78 is 1.25. The first-order valence-corrected chi connectivity index (χ1v) is 35.9. The maximum atomic E-state index is 2.49. The van der Waals surface area contributed by atoms with E-state index in [4.69, 9.17) is 0 Å². The highest BCUT2D eigenvalue weighted by molar-refractivity contribution is 4.56. The quantitative estimate of drug-likeness (QED) is 0.0421. The van der Waals surface area contributed by atoms with Gasteiger partial charge in [-0.15, -0.1) is 0 Å². The third kappa shape index (κ3) is 68.0. The van der Waals surface area contributed by atoms with Crippen LogP contribution >= 0.6 is 0 Å². The predicted molar refractivity (Wildman–Crippen MR) is 338 cm³/mol. The van der Waals surface area contributed by atoms with Gasteiger partial charge < -0.3 is 4.48 Å². The summed E-state index contributed by atoms with van der Waals surface area (Å²) in [6, 6.07) is 0. The van der Waals surface area contributed by atoms with E-state index in [0.29, 0.717) is 0 Å². The second-order valence-electron chi connectivity index (χ2n) is 26.0. The van der Waals surface area contributed by atoms with Crippen LogP contribution < -0.4 is 0 Å². The van der Waals surface area contributed by atoms with Gasteiger partial charge in [0.1, 0.15) is 0 Å². The standard InChI is InChI=1S/C72H148N/c1-5-7-9-11-13-15-17-19-21-23-25-27-29-31-33-35-37-39-41-43-45-47-49-51-53-55-57-59-61-63-65-67-69-71-73(3,4)72-70-68-66-64-62-60-58-56-54-52-50-48-46-44-42-40-38-36-34-32-30-28-26-24-22-20-18-16-14-12-10-8-6-2/h5-72H2,1-4H3/q+1. The minimum Gasteiger partial charge on any atom is -0.328 e. The summed E-state index contributed by atoms with van der Waals surface area (Å²) >= 11 is 0. The summed E-state index contributed by atoms with van der Waals surface area (Å²) in [4.78, 5) is 0. The zero-order valence-electron chi connectivity index (χ0n) is 52.5. The molecule has 73 heavy (non-hydrogen) atoms. The molecular weight excluding hydrogens is 879 g/mol. The van der Waals surface area contributed by atoms with Crippen molar-refractivity contribution in [2.45, 2.75) is 438 Å². The molecule has 0 atom stereocenters. The van der Waals surface area contributed by atoms with Crippen LogP contribution in [0.2, 0.25) is 0 Å². The van der Waals surface area contributed by atoms with Crippen molar-refractivity contribution in [3.05, 3.63) is 0 Å². The molecule has 0 amide bonds. The van der Waals surface area contributed by atoms with Gasteiger partial charge in [0.2, 0.25) is 0 Å². The molecule has 0 spiro atoms. The highest BCUT2D eigenvalue weighted by atomic mass is 15.3. The first kappa shape index (κ1) is 73.0. The molecule has 0 fully saturated rings. The van der Waals surface area contributed by atoms with E-state index in [1.807, 2.05) is 0 Å². The third-order valence-electron chi connectivity index (χ3n) is 17.7. The highest BCUT2D eigenvalue weighted by Gasteiger charge is 2.13. The number of unbranched alkanes of at least 4 members (excludes halogenated alkanes) is 64. The van der Waals surface area contributed by atoms with E-state index in [1.165, 1.54) is 441 Å². The maximum absolute atomic E-state index is 2.49. The molecule has 0 aromatic heterocycles. The molecule has 0 aliphatic rings. The molecule has 0 aromatic carbocycles. The third-order valence-corrected chi connectivity index (χ3v) is 17.7. The Morgan fingerprint density at radius 2 is 0.205 bits per heavy atom. The Balaban J connectivity index is 3.21. The van der Waals surface area contributed by atoms with Gasteiger partial charge >= 0.3 is 0 Å². The van der Waals surface area contributed by atoms with Gasteiger partial charge in [-0.25, -0.2) is 0 Å². The largest absolute Gasteiger partial charge is 0.328 e. The second-order valence-corrected chi connectivity index (χ2v) is 26.0. The molecule has 0 rings (SSSR count). The first-order chi connectivity index (χ1) is 36.1. The number of hydrogen-bond acceptors (Lipinski definition) is 0. The average molecular weight is 1030 g/mol. The number of quaternary nitrogens is 1. The average Bonchev–Trinajstić information content (AvgIpc) is 3.39. The summed E-state index contributed by atoms with van der Waals surface area (Å²) in [6.45, 7) is 7.41. The van der Waals surface area contributed by atoms with Crippen molar-refractivity contribution in [1.29, 1.82) is 0 Å². The van der Waals surface area contributed by atoms with Crippen LogP contribution in [-0.2, 0) is 0 Å². The SMILES string of the molecule is CCCCCCCCCCCCCCCCCCCCCCCCCCCCCCCCCCC[N+](C)(C)CCCCCCCCCCCCCCCCCCCCCCCCCCCCCCCCCCC. The molecule has 0 aromatic rings. The second kappa shape index (κ2) is 66.2. The highest BCUT2D eigenvalue weighted by Crippen LogP contribution is 2.20. The Kier molecular flexibility index (Phi) is 66.2. The van der Waals surface area contributed by atoms with E-state index >= 15 is 0 Å². The van der Waals surface area contributed by atoms with E-state index < -0.39 is 0 Å². The summed E-state index contributed by atoms with van der Waals surface area (Å²) in [7, 11) is 4.99. The van der Waals surface area contributed by atoms with Gasteiger partial charge in [-0.1, -0.05) is 412 Å². The summed E-state index contributed by atoms with van der Waals surface area (Å²) in [5.74, 6) is 0. The molecule has 0 bridgehead atoms. The molecule has 0 aliphatic carbocycles. The van der Waals surface area contributed by atoms with Crippen LogP contribution in [0.4, 0.5) is 0 Å². The van der Waals surface area contributed by atoms with Gasteiger partial charge in [0.05, 0.1) is 27.2 Å². The molecule has 440 valence electrons. The molecule has 1 heteroatoms. The minimum atomic E-state index is 1.25. The number of nitrogens with zero attached hydrogens (tertiary/aromatic N) is 1. The van der Waals surface area contributed by atoms with E-state index in [-0.39, 0.29) is 0 Å². The van der Waals surface area contributed by atoms with Crippen LogP contribution in [0, 0.1) is 0 Å². The van der Waals surface area contributed by atoms with Crippen molar-refractivity contribution in [3.8, 4) is 0 Å². The van der Waals surface area contributed by atoms with Gasteiger partial charge in [-0.2, -0.15) is 0 Å². The lowest BCUT2D eigenvalue weighted by Gasteiger charge is -2.30. The Labute approximate surface area is 467 Å². The van der Waals surface area contributed by atoms with Crippen LogP contribution in [0.15, 0.2) is 0 Å². The van der Waals surface area contributed by atoms with Crippen LogP contribution in [0.5, 0.6) is 0 Å². The smallest absolute Gasteiger partial charge is 0.0782 e. The lowest BCUT2D eigenvalue weighted by atomic mass is 10.0. The molecule has 0 saturated heterocycles. The Hall–Kier alpha value is -0.0400. The molecule has 0 saturated carbocycles. The normalized spacial score (nSPS) is 12.0. The van der Waals surface area contributed by atoms with Crippen molar-refractivity contribution < 1.29 is 4.48 Å². The fraction of sp³-hybridized carbons (Fsp3) is 1.00. The lowest BCUT2D eigenvalue weighted by molar-refractivity contribution is -0.890. The van der Waals surface area contributed by atoms with Gasteiger partial charge in [0.25, 0.3) is 0 Å². The van der Waals surface area contributed by atoms with E-state index in [2.05, 4.69) is 27.9 Å². The molecular formula is C72H148N+. The zero-order valence-corrected chi connectivity index (χ0v) is 52.5. The molecule has 0 radical (unpaired) electrons. The van der Waals surface area contributed by atoms with Crippen molar-refractivity contribution in [2.24, 2.45) is 0 Å².